The molecule has 1 aliphatic heterocycles. The van der Waals surface area contributed by atoms with Crippen LogP contribution in [0.5, 0.6) is 0 Å². The van der Waals surface area contributed by atoms with Crippen molar-refractivity contribution >= 4 is 38.5 Å². The number of hydrogen-bond donors (Lipinski definition) is 2. The van der Waals surface area contributed by atoms with E-state index < -0.39 is 6.09 Å². The molecule has 2 rings (SSSR count). The second-order valence-electron chi connectivity index (χ2n) is 3.66. The summed E-state index contributed by atoms with van der Waals surface area (Å²) in [7, 11) is 0. The highest BCUT2D eigenvalue weighted by molar-refractivity contribution is 9.10. The maximum atomic E-state index is 10.5. The molecule has 5 nitrogen and oxygen atoms in total. The first-order valence-corrected chi connectivity index (χ1v) is 6.68. The largest absolute Gasteiger partial charge is 0.465 e. The Hall–Kier alpha value is -0.820. The van der Waals surface area contributed by atoms with E-state index in [4.69, 9.17) is 5.11 Å². The van der Waals surface area contributed by atoms with Gasteiger partial charge in [-0.05, 0) is 28.8 Å². The molecule has 1 fully saturated rings. The van der Waals surface area contributed by atoms with Gasteiger partial charge in [0.25, 0.3) is 0 Å². The van der Waals surface area contributed by atoms with Gasteiger partial charge < -0.3 is 15.3 Å². The molecule has 0 bridgehead atoms. The van der Waals surface area contributed by atoms with Gasteiger partial charge in [-0.3, -0.25) is 0 Å². The van der Waals surface area contributed by atoms with Crippen molar-refractivity contribution < 1.29 is 9.90 Å². The maximum absolute atomic E-state index is 10.5. The van der Waals surface area contributed by atoms with Crippen LogP contribution in [0, 0.1) is 0 Å². The summed E-state index contributed by atoms with van der Waals surface area (Å²) in [6.07, 6.45) is 0.739. The third kappa shape index (κ3) is 2.85. The Balaban J connectivity index is 1.87. The molecule has 0 saturated carbocycles. The molecule has 16 heavy (non-hydrogen) atoms. The number of carboxylic acid groups (broad SMARTS) is 1. The lowest BCUT2D eigenvalue weighted by Crippen LogP contribution is -2.44. The average Bonchev–Trinajstić information content (AvgIpc) is 2.65. The summed E-state index contributed by atoms with van der Waals surface area (Å²) in [6.45, 7) is 1.70. The smallest absolute Gasteiger partial charge is 0.404 e. The van der Waals surface area contributed by atoms with E-state index in [1.54, 1.807) is 11.3 Å². The van der Waals surface area contributed by atoms with Crippen molar-refractivity contribution in [1.29, 1.82) is 0 Å². The Morgan fingerprint density at radius 3 is 2.81 bits per heavy atom. The number of nitrogens with zero attached hydrogens (tertiary/aromatic N) is 2. The van der Waals surface area contributed by atoms with Crippen LogP contribution < -0.4 is 10.2 Å². The highest BCUT2D eigenvalue weighted by atomic mass is 79.9. The van der Waals surface area contributed by atoms with E-state index in [2.05, 4.69) is 31.1 Å². The molecular weight excluding hydrogens is 294 g/mol. The number of piperidine rings is 1. The van der Waals surface area contributed by atoms with Crippen molar-refractivity contribution in [2.24, 2.45) is 0 Å². The quantitative estimate of drug-likeness (QED) is 0.878. The molecule has 1 saturated heterocycles. The number of rotatable bonds is 2. The van der Waals surface area contributed by atoms with Gasteiger partial charge in [0.05, 0.1) is 0 Å². The number of amides is 1. The standard InChI is InChI=1S/C9H12BrN3O2S/c10-7-5-16-8(12-7)13-3-1-6(2-4-13)11-9(14)15/h5-6,11H,1-4H2,(H,14,15). The zero-order valence-corrected chi connectivity index (χ0v) is 10.9. The summed E-state index contributed by atoms with van der Waals surface area (Å²) in [5, 5.41) is 14.1. The van der Waals surface area contributed by atoms with E-state index in [-0.39, 0.29) is 6.04 Å². The molecular formula is C9H12BrN3O2S. The summed E-state index contributed by atoms with van der Waals surface area (Å²) in [4.78, 5) is 17.0. The third-order valence-electron chi connectivity index (χ3n) is 2.56. The predicted octanol–water partition coefficient (Wildman–Crippen LogP) is 2.14. The first-order valence-electron chi connectivity index (χ1n) is 5.00. The van der Waals surface area contributed by atoms with Gasteiger partial charge >= 0.3 is 6.09 Å². The van der Waals surface area contributed by atoms with E-state index in [1.807, 2.05) is 5.38 Å². The fourth-order valence-corrected chi connectivity index (χ4v) is 3.08. The van der Waals surface area contributed by atoms with Gasteiger partial charge in [-0.25, -0.2) is 9.78 Å². The Bertz CT molecular complexity index is 377. The Kier molecular flexibility index (Phi) is 3.65. The molecule has 0 atom stereocenters. The van der Waals surface area contributed by atoms with Crippen molar-refractivity contribution in [1.82, 2.24) is 10.3 Å². The molecule has 0 spiro atoms. The van der Waals surface area contributed by atoms with Crippen LogP contribution in [0.4, 0.5) is 9.93 Å². The van der Waals surface area contributed by atoms with Crippen molar-refractivity contribution in [3.05, 3.63) is 9.98 Å². The molecule has 2 heterocycles. The van der Waals surface area contributed by atoms with Gasteiger partial charge in [-0.1, -0.05) is 0 Å². The summed E-state index contributed by atoms with van der Waals surface area (Å²) in [5.74, 6) is 0. The first kappa shape index (κ1) is 11.7. The van der Waals surface area contributed by atoms with Crippen molar-refractivity contribution in [2.45, 2.75) is 18.9 Å². The Morgan fingerprint density at radius 2 is 2.31 bits per heavy atom. The van der Waals surface area contributed by atoms with Crippen LogP contribution >= 0.6 is 27.3 Å². The Morgan fingerprint density at radius 1 is 1.62 bits per heavy atom. The monoisotopic (exact) mass is 305 g/mol. The van der Waals surface area contributed by atoms with Crippen LogP contribution in [0.15, 0.2) is 9.98 Å². The predicted molar refractivity (Wildman–Crippen MR) is 66.2 cm³/mol. The number of thiazole rings is 1. The Labute approximate surface area is 106 Å². The van der Waals surface area contributed by atoms with Crippen molar-refractivity contribution in [3.8, 4) is 0 Å². The van der Waals surface area contributed by atoms with Gasteiger partial charge in [0.1, 0.15) is 4.60 Å². The molecule has 0 aliphatic carbocycles. The van der Waals surface area contributed by atoms with Crippen LogP contribution in [0.1, 0.15) is 12.8 Å². The van der Waals surface area contributed by atoms with Gasteiger partial charge in [0.2, 0.25) is 0 Å². The highest BCUT2D eigenvalue weighted by Gasteiger charge is 2.21. The molecule has 0 aromatic carbocycles. The van der Waals surface area contributed by atoms with Crippen LogP contribution in [-0.4, -0.2) is 35.3 Å². The van der Waals surface area contributed by atoms with Gasteiger partial charge in [0.15, 0.2) is 5.13 Å². The summed E-state index contributed by atoms with van der Waals surface area (Å²) in [5.41, 5.74) is 0. The normalized spacial score (nSPS) is 17.4. The van der Waals surface area contributed by atoms with Crippen molar-refractivity contribution in [3.63, 3.8) is 0 Å². The van der Waals surface area contributed by atoms with Crippen LogP contribution in [0.2, 0.25) is 0 Å². The number of nitrogens with one attached hydrogen (secondary N) is 1. The fourth-order valence-electron chi connectivity index (χ4n) is 1.78. The number of hydrogen-bond acceptors (Lipinski definition) is 4. The number of anilines is 1. The maximum Gasteiger partial charge on any atom is 0.404 e. The molecule has 1 aromatic rings. The fraction of sp³-hybridized carbons (Fsp3) is 0.556. The summed E-state index contributed by atoms with van der Waals surface area (Å²) < 4.78 is 0.860. The van der Waals surface area contributed by atoms with Crippen LogP contribution in [0.3, 0.4) is 0 Å². The minimum atomic E-state index is -0.935. The van der Waals surface area contributed by atoms with Gasteiger partial charge in [-0.15, -0.1) is 11.3 Å². The van der Waals surface area contributed by atoms with Crippen LogP contribution in [-0.2, 0) is 0 Å². The van der Waals surface area contributed by atoms with Gasteiger partial charge in [0, 0.05) is 24.5 Å². The van der Waals surface area contributed by atoms with E-state index in [9.17, 15) is 4.79 Å². The lowest BCUT2D eigenvalue weighted by atomic mass is 10.1. The molecule has 0 radical (unpaired) electrons. The molecule has 0 unspecified atom stereocenters. The van der Waals surface area contributed by atoms with E-state index >= 15 is 0 Å². The molecule has 7 heteroatoms. The number of aromatic nitrogens is 1. The molecule has 1 aliphatic rings. The van der Waals surface area contributed by atoms with Crippen molar-refractivity contribution in [2.75, 3.05) is 18.0 Å². The topological polar surface area (TPSA) is 65.5 Å². The number of halogens is 1. The lowest BCUT2D eigenvalue weighted by molar-refractivity contribution is 0.187. The first-order chi connectivity index (χ1) is 7.65. The van der Waals surface area contributed by atoms with Gasteiger partial charge in [-0.2, -0.15) is 0 Å². The van der Waals surface area contributed by atoms with E-state index in [1.165, 1.54) is 0 Å². The summed E-state index contributed by atoms with van der Waals surface area (Å²) in [6, 6.07) is 0.0807. The minimum absolute atomic E-state index is 0.0807. The van der Waals surface area contributed by atoms with E-state index in [0.29, 0.717) is 0 Å². The molecule has 88 valence electrons. The number of carbonyl (C=O) groups is 1. The van der Waals surface area contributed by atoms with E-state index in [0.717, 1.165) is 35.7 Å². The zero-order valence-electron chi connectivity index (χ0n) is 8.52. The SMILES string of the molecule is O=C(O)NC1CCN(c2nc(Br)cs2)CC1. The highest BCUT2D eigenvalue weighted by Crippen LogP contribution is 2.26. The lowest BCUT2D eigenvalue weighted by Gasteiger charge is -2.31. The molecule has 1 amide bonds. The average molecular weight is 306 g/mol. The second-order valence-corrected chi connectivity index (χ2v) is 5.31. The second kappa shape index (κ2) is 5.01. The third-order valence-corrected chi connectivity index (χ3v) is 4.17. The molecule has 1 aromatic heterocycles. The minimum Gasteiger partial charge on any atom is -0.465 e. The molecule has 2 N–H and O–H groups in total. The van der Waals surface area contributed by atoms with Crippen LogP contribution in [0.25, 0.3) is 0 Å². The zero-order chi connectivity index (χ0) is 11.5. The summed E-state index contributed by atoms with van der Waals surface area (Å²) >= 11 is 4.93.